The third-order valence-corrected chi connectivity index (χ3v) is 12.8. The number of carbonyl (C=O) groups excluding carboxylic acids is 3. The van der Waals surface area contributed by atoms with Gasteiger partial charge in [0.15, 0.2) is 6.10 Å². The summed E-state index contributed by atoms with van der Waals surface area (Å²) in [5.41, 5.74) is 0. The number of esters is 3. The molecule has 73 heavy (non-hydrogen) atoms. The third kappa shape index (κ3) is 58.8. The highest BCUT2D eigenvalue weighted by atomic mass is 16.6. The molecular weight excluding hydrogens is 901 g/mol. The Kier molecular flexibility index (Phi) is 57.4. The molecular formula is C67H112O6. The lowest BCUT2D eigenvalue weighted by molar-refractivity contribution is -0.166. The van der Waals surface area contributed by atoms with Crippen LogP contribution in [0.2, 0.25) is 0 Å². The second kappa shape index (κ2) is 60.6. The van der Waals surface area contributed by atoms with Crippen molar-refractivity contribution in [2.24, 2.45) is 0 Å². The number of unbranched alkanes of at least 4 members (excludes halogenated alkanes) is 25. The summed E-state index contributed by atoms with van der Waals surface area (Å²) in [5.74, 6) is -0.990. The van der Waals surface area contributed by atoms with E-state index in [1.165, 1.54) is 141 Å². The van der Waals surface area contributed by atoms with E-state index in [1.807, 2.05) is 6.08 Å². The summed E-state index contributed by atoms with van der Waals surface area (Å²) in [7, 11) is 0. The molecule has 0 aliphatic heterocycles. The number of allylic oxidation sites excluding steroid dienone is 18. The van der Waals surface area contributed by atoms with E-state index in [-0.39, 0.29) is 37.5 Å². The fraction of sp³-hybridized carbons (Fsp3) is 0.687. The van der Waals surface area contributed by atoms with Gasteiger partial charge in [-0.05, 0) is 109 Å². The summed E-state index contributed by atoms with van der Waals surface area (Å²) in [6, 6.07) is 0. The lowest BCUT2D eigenvalue weighted by atomic mass is 10.0. The first-order valence-electron chi connectivity index (χ1n) is 30.4. The van der Waals surface area contributed by atoms with Crippen molar-refractivity contribution < 1.29 is 28.6 Å². The molecule has 6 heteroatoms. The topological polar surface area (TPSA) is 78.9 Å². The van der Waals surface area contributed by atoms with Gasteiger partial charge in [0.05, 0.1) is 0 Å². The van der Waals surface area contributed by atoms with E-state index < -0.39 is 6.10 Å². The molecule has 1 unspecified atom stereocenters. The van der Waals surface area contributed by atoms with Crippen molar-refractivity contribution in [2.75, 3.05) is 13.2 Å². The normalized spacial score (nSPS) is 12.9. The molecule has 0 aromatic rings. The number of ether oxygens (including phenoxy) is 3. The quantitative estimate of drug-likeness (QED) is 0.0261. The van der Waals surface area contributed by atoms with Crippen LogP contribution in [-0.4, -0.2) is 37.2 Å². The molecule has 0 fully saturated rings. The fourth-order valence-electron chi connectivity index (χ4n) is 8.27. The number of carbonyl (C=O) groups is 3. The van der Waals surface area contributed by atoms with Crippen LogP contribution in [0.5, 0.6) is 0 Å². The molecule has 0 aromatic carbocycles. The Labute approximate surface area is 450 Å². The highest BCUT2D eigenvalue weighted by Crippen LogP contribution is 2.15. The first-order chi connectivity index (χ1) is 36.0. The zero-order chi connectivity index (χ0) is 52.9. The van der Waals surface area contributed by atoms with Crippen molar-refractivity contribution in [2.45, 2.75) is 284 Å². The summed E-state index contributed by atoms with van der Waals surface area (Å²) in [6.45, 7) is 6.35. The number of hydrogen-bond acceptors (Lipinski definition) is 6. The predicted octanol–water partition coefficient (Wildman–Crippen LogP) is 20.7. The third-order valence-electron chi connectivity index (χ3n) is 12.8. The number of hydrogen-bond donors (Lipinski definition) is 0. The van der Waals surface area contributed by atoms with Crippen LogP contribution in [0.3, 0.4) is 0 Å². The van der Waals surface area contributed by atoms with E-state index in [4.69, 9.17) is 14.2 Å². The molecule has 1 atom stereocenters. The smallest absolute Gasteiger partial charge is 0.306 e. The molecule has 0 amide bonds. The summed E-state index contributed by atoms with van der Waals surface area (Å²) < 4.78 is 16.8. The fourth-order valence-corrected chi connectivity index (χ4v) is 8.27. The zero-order valence-corrected chi connectivity index (χ0v) is 47.6. The molecule has 0 aliphatic rings. The Morgan fingerprint density at radius 1 is 0.288 bits per heavy atom. The van der Waals surface area contributed by atoms with Gasteiger partial charge in [0.2, 0.25) is 0 Å². The van der Waals surface area contributed by atoms with Crippen LogP contribution in [0.4, 0.5) is 0 Å². The van der Waals surface area contributed by atoms with Gasteiger partial charge in [-0.2, -0.15) is 0 Å². The molecule has 0 spiro atoms. The van der Waals surface area contributed by atoms with Crippen LogP contribution < -0.4 is 0 Å². The van der Waals surface area contributed by atoms with Gasteiger partial charge in [-0.25, -0.2) is 0 Å². The maximum Gasteiger partial charge on any atom is 0.306 e. The minimum Gasteiger partial charge on any atom is -0.462 e. The van der Waals surface area contributed by atoms with E-state index in [1.54, 1.807) is 0 Å². The molecule has 0 bridgehead atoms. The summed E-state index contributed by atoms with van der Waals surface area (Å²) in [4.78, 5) is 38.2. The van der Waals surface area contributed by atoms with Crippen LogP contribution in [0, 0.1) is 0 Å². The van der Waals surface area contributed by atoms with Gasteiger partial charge in [0, 0.05) is 19.3 Å². The van der Waals surface area contributed by atoms with Gasteiger partial charge in [0.1, 0.15) is 13.2 Å². The molecule has 0 saturated carbocycles. The maximum absolute atomic E-state index is 12.9. The van der Waals surface area contributed by atoms with Gasteiger partial charge < -0.3 is 14.2 Å². The number of rotatable bonds is 54. The minimum absolute atomic E-state index is 0.103. The molecule has 0 N–H and O–H groups in total. The van der Waals surface area contributed by atoms with E-state index in [2.05, 4.69) is 124 Å². The van der Waals surface area contributed by atoms with E-state index in [9.17, 15) is 14.4 Å². The first kappa shape index (κ1) is 69.1. The van der Waals surface area contributed by atoms with Crippen LogP contribution in [-0.2, 0) is 28.6 Å². The molecule has 0 rings (SSSR count). The van der Waals surface area contributed by atoms with Crippen LogP contribution in [0.15, 0.2) is 109 Å². The zero-order valence-electron chi connectivity index (χ0n) is 47.6. The van der Waals surface area contributed by atoms with E-state index >= 15 is 0 Å². The van der Waals surface area contributed by atoms with E-state index in [0.717, 1.165) is 89.9 Å². The highest BCUT2D eigenvalue weighted by Gasteiger charge is 2.19. The monoisotopic (exact) mass is 1010 g/mol. The van der Waals surface area contributed by atoms with E-state index in [0.29, 0.717) is 19.3 Å². The van der Waals surface area contributed by atoms with Crippen molar-refractivity contribution in [3.63, 3.8) is 0 Å². The maximum atomic E-state index is 12.9. The van der Waals surface area contributed by atoms with Gasteiger partial charge in [-0.15, -0.1) is 0 Å². The molecule has 416 valence electrons. The molecule has 0 aliphatic carbocycles. The van der Waals surface area contributed by atoms with Crippen molar-refractivity contribution in [3.05, 3.63) is 109 Å². The Balaban J connectivity index is 4.36. The molecule has 0 saturated heterocycles. The molecule has 6 nitrogen and oxygen atoms in total. The van der Waals surface area contributed by atoms with Crippen LogP contribution in [0.1, 0.15) is 278 Å². The summed E-state index contributed by atoms with van der Waals surface area (Å²) in [6.07, 6.45) is 82.5. The van der Waals surface area contributed by atoms with Gasteiger partial charge in [-0.3, -0.25) is 14.4 Å². The van der Waals surface area contributed by atoms with Crippen molar-refractivity contribution >= 4 is 17.9 Å². The Morgan fingerprint density at radius 3 is 0.932 bits per heavy atom. The van der Waals surface area contributed by atoms with Gasteiger partial charge in [0.25, 0.3) is 0 Å². The van der Waals surface area contributed by atoms with Crippen molar-refractivity contribution in [3.8, 4) is 0 Å². The predicted molar refractivity (Wildman–Crippen MR) is 316 cm³/mol. The summed E-state index contributed by atoms with van der Waals surface area (Å²) >= 11 is 0. The average molecular weight is 1010 g/mol. The lowest BCUT2D eigenvalue weighted by Gasteiger charge is -2.18. The Morgan fingerprint density at radius 2 is 0.562 bits per heavy atom. The molecule has 0 radical (unpaired) electrons. The second-order valence-corrected chi connectivity index (χ2v) is 19.8. The lowest BCUT2D eigenvalue weighted by Crippen LogP contribution is -2.30. The standard InChI is InChI=1S/C67H112O6/c1-4-7-10-13-16-19-22-25-27-29-30-31-32-33-34-35-36-38-39-42-45-48-51-54-57-60-66(69)72-63-64(62-71-65(68)59-56-53-50-47-44-41-24-21-18-15-12-9-6-3)73-67(70)61-58-55-52-49-46-43-40-37-28-26-23-20-17-14-11-8-5-2/h7,9-10,12,16,18-19,21,25-28,30-31,41,44,50,53,64H,4-6,8,11,13-15,17,20,22-24,29,32-40,42-43,45-49,51-52,54-63H2,1-3H3/b10-7-,12-9-,19-16-,21-18-,27-25-,28-26-,31-30-,44-41-,53-50-. The second-order valence-electron chi connectivity index (χ2n) is 19.8. The summed E-state index contributed by atoms with van der Waals surface area (Å²) in [5, 5.41) is 0. The van der Waals surface area contributed by atoms with Gasteiger partial charge in [-0.1, -0.05) is 259 Å². The SMILES string of the molecule is CC/C=C\C/C=C\C/C=C\C/C=C\CCCCCCCCCCCCCCC(=O)OCC(COC(=O)CC/C=C\C/C=C\C/C=C\C/C=C\CC)OC(=O)CCCCCCCCC/C=C\CCCCCCCC. The Bertz CT molecular complexity index is 1490. The van der Waals surface area contributed by atoms with Crippen molar-refractivity contribution in [1.82, 2.24) is 0 Å². The van der Waals surface area contributed by atoms with Crippen LogP contribution >= 0.6 is 0 Å². The molecule has 0 aromatic heterocycles. The van der Waals surface area contributed by atoms with Gasteiger partial charge >= 0.3 is 17.9 Å². The average Bonchev–Trinajstić information content (AvgIpc) is 3.39. The highest BCUT2D eigenvalue weighted by molar-refractivity contribution is 5.71. The van der Waals surface area contributed by atoms with Crippen LogP contribution in [0.25, 0.3) is 0 Å². The molecule has 0 heterocycles. The van der Waals surface area contributed by atoms with Crippen molar-refractivity contribution in [1.29, 1.82) is 0 Å². The first-order valence-corrected chi connectivity index (χ1v) is 30.4. The largest absolute Gasteiger partial charge is 0.462 e. The Hall–Kier alpha value is -3.93. The minimum atomic E-state index is -0.811.